The Bertz CT molecular complexity index is 831. The summed E-state index contributed by atoms with van der Waals surface area (Å²) in [6.45, 7) is 0. The van der Waals surface area contributed by atoms with Crippen molar-refractivity contribution in [3.8, 4) is 0 Å². The number of nitrogens with zero attached hydrogens (tertiary/aromatic N) is 2. The Kier molecular flexibility index (Phi) is 3.04. The van der Waals surface area contributed by atoms with Crippen LogP contribution in [0.15, 0.2) is 47.4 Å². The van der Waals surface area contributed by atoms with Gasteiger partial charge in [-0.25, -0.2) is 0 Å². The van der Waals surface area contributed by atoms with E-state index in [1.165, 1.54) is 24.3 Å². The molecule has 3 rings (SSSR count). The van der Waals surface area contributed by atoms with Gasteiger partial charge in [-0.3, -0.25) is 14.3 Å². The normalized spacial score (nSPS) is 12.0. The van der Waals surface area contributed by atoms with Gasteiger partial charge < -0.3 is 0 Å². The number of H-pyrrole nitrogens is 1. The molecule has 4 nitrogen and oxygen atoms in total. The molecule has 0 amide bonds. The molecule has 0 saturated carbocycles. The number of pyridine rings is 1. The van der Waals surface area contributed by atoms with E-state index in [4.69, 9.17) is 0 Å². The van der Waals surface area contributed by atoms with E-state index < -0.39 is 11.7 Å². The highest BCUT2D eigenvalue weighted by atomic mass is 19.4. The van der Waals surface area contributed by atoms with Gasteiger partial charge in [0, 0.05) is 24.8 Å². The topological polar surface area (TPSA) is 50.2 Å². The predicted octanol–water partition coefficient (Wildman–Crippen LogP) is 2.63. The molecule has 3 aromatic rings. The van der Waals surface area contributed by atoms with E-state index in [-0.39, 0.29) is 5.43 Å². The molecule has 0 spiro atoms. The van der Waals surface area contributed by atoms with Crippen LogP contribution in [0.4, 0.5) is 13.2 Å². The maximum Gasteiger partial charge on any atom is 0.416 e. The zero-order valence-electron chi connectivity index (χ0n) is 10.7. The molecule has 0 atom stereocenters. The molecule has 2 heterocycles. The van der Waals surface area contributed by atoms with Crippen LogP contribution in [0.2, 0.25) is 0 Å². The second kappa shape index (κ2) is 4.76. The number of nitrogens with one attached hydrogen (secondary N) is 1. The standard InChI is InChI=1S/C14H10F3N3O/c15-14(16,17)10-3-1-9(2-4-10)7-12-18-19-13-8-11(21)5-6-20(12)13/h1-6,8,19H,7H2. The highest BCUT2D eigenvalue weighted by Crippen LogP contribution is 2.29. The van der Waals surface area contributed by atoms with Crippen molar-refractivity contribution in [3.05, 3.63) is 69.8 Å². The van der Waals surface area contributed by atoms with E-state index in [2.05, 4.69) is 10.2 Å². The minimum Gasteiger partial charge on any atom is -0.290 e. The SMILES string of the molecule is O=c1ccn2c(Cc3ccc(C(F)(F)F)cc3)n[nH]c2c1. The summed E-state index contributed by atoms with van der Waals surface area (Å²) in [5, 5.41) is 6.80. The third-order valence-electron chi connectivity index (χ3n) is 3.15. The summed E-state index contributed by atoms with van der Waals surface area (Å²) in [5.74, 6) is 0.616. The third-order valence-corrected chi connectivity index (χ3v) is 3.15. The van der Waals surface area contributed by atoms with Crippen LogP contribution in [0.25, 0.3) is 5.65 Å². The summed E-state index contributed by atoms with van der Waals surface area (Å²) < 4.78 is 39.2. The Morgan fingerprint density at radius 3 is 2.52 bits per heavy atom. The highest BCUT2D eigenvalue weighted by molar-refractivity contribution is 5.38. The van der Waals surface area contributed by atoms with Crippen LogP contribution in [0.3, 0.4) is 0 Å². The van der Waals surface area contributed by atoms with Crippen molar-refractivity contribution in [2.45, 2.75) is 12.6 Å². The fraction of sp³-hybridized carbons (Fsp3) is 0.143. The summed E-state index contributed by atoms with van der Waals surface area (Å²) >= 11 is 0. The number of benzene rings is 1. The Morgan fingerprint density at radius 1 is 1.14 bits per heavy atom. The van der Waals surface area contributed by atoms with E-state index in [0.29, 0.717) is 23.5 Å². The van der Waals surface area contributed by atoms with E-state index in [1.54, 1.807) is 10.6 Å². The quantitative estimate of drug-likeness (QED) is 0.789. The van der Waals surface area contributed by atoms with Crippen LogP contribution in [0, 0.1) is 0 Å². The summed E-state index contributed by atoms with van der Waals surface area (Å²) in [4.78, 5) is 11.2. The molecule has 0 unspecified atom stereocenters. The molecule has 108 valence electrons. The number of hydrogen-bond donors (Lipinski definition) is 1. The Balaban J connectivity index is 1.90. The van der Waals surface area contributed by atoms with Gasteiger partial charge >= 0.3 is 6.18 Å². The number of aromatic nitrogens is 3. The number of aromatic amines is 1. The summed E-state index contributed by atoms with van der Waals surface area (Å²) in [6, 6.07) is 7.74. The second-order valence-corrected chi connectivity index (χ2v) is 4.63. The Morgan fingerprint density at radius 2 is 1.86 bits per heavy atom. The monoisotopic (exact) mass is 293 g/mol. The molecule has 1 N–H and O–H groups in total. The lowest BCUT2D eigenvalue weighted by molar-refractivity contribution is -0.137. The molecule has 0 aliphatic heterocycles. The summed E-state index contributed by atoms with van der Waals surface area (Å²) in [5.41, 5.74) is 0.432. The molecule has 0 aliphatic carbocycles. The van der Waals surface area contributed by atoms with E-state index >= 15 is 0 Å². The number of hydrogen-bond acceptors (Lipinski definition) is 2. The van der Waals surface area contributed by atoms with Crippen molar-refractivity contribution < 1.29 is 13.2 Å². The van der Waals surface area contributed by atoms with Crippen molar-refractivity contribution >= 4 is 5.65 Å². The van der Waals surface area contributed by atoms with Gasteiger partial charge in [-0.15, -0.1) is 0 Å². The van der Waals surface area contributed by atoms with Crippen molar-refractivity contribution in [2.24, 2.45) is 0 Å². The van der Waals surface area contributed by atoms with Gasteiger partial charge in [-0.2, -0.15) is 18.3 Å². The lowest BCUT2D eigenvalue weighted by Gasteiger charge is -2.07. The van der Waals surface area contributed by atoms with Crippen molar-refractivity contribution in [2.75, 3.05) is 0 Å². The van der Waals surface area contributed by atoms with E-state index in [1.807, 2.05) is 0 Å². The fourth-order valence-electron chi connectivity index (χ4n) is 2.09. The first kappa shape index (κ1) is 13.4. The lowest BCUT2D eigenvalue weighted by Crippen LogP contribution is -2.05. The molecular formula is C14H10F3N3O. The first-order valence-electron chi connectivity index (χ1n) is 6.15. The minimum atomic E-state index is -4.34. The summed E-state index contributed by atoms with van der Waals surface area (Å²) in [7, 11) is 0. The molecule has 0 bridgehead atoms. The molecule has 0 saturated heterocycles. The van der Waals surface area contributed by atoms with Crippen LogP contribution >= 0.6 is 0 Å². The predicted molar refractivity (Wildman–Crippen MR) is 70.1 cm³/mol. The average molecular weight is 293 g/mol. The lowest BCUT2D eigenvalue weighted by atomic mass is 10.1. The van der Waals surface area contributed by atoms with Crippen LogP contribution in [0.1, 0.15) is 17.0 Å². The van der Waals surface area contributed by atoms with Gasteiger partial charge in [0.05, 0.1) is 5.56 Å². The Hall–Kier alpha value is -2.57. The second-order valence-electron chi connectivity index (χ2n) is 4.63. The third kappa shape index (κ3) is 2.67. The van der Waals surface area contributed by atoms with E-state index in [0.717, 1.165) is 12.1 Å². The van der Waals surface area contributed by atoms with Gasteiger partial charge in [-0.1, -0.05) is 12.1 Å². The van der Waals surface area contributed by atoms with Gasteiger partial charge in [0.25, 0.3) is 0 Å². The van der Waals surface area contributed by atoms with Gasteiger partial charge in [0.2, 0.25) is 0 Å². The molecule has 0 aliphatic rings. The summed E-state index contributed by atoms with van der Waals surface area (Å²) in [6.07, 6.45) is -2.39. The molecule has 21 heavy (non-hydrogen) atoms. The van der Waals surface area contributed by atoms with Gasteiger partial charge in [0.1, 0.15) is 11.5 Å². The zero-order chi connectivity index (χ0) is 15.0. The number of halogens is 3. The van der Waals surface area contributed by atoms with Gasteiger partial charge in [-0.05, 0) is 17.7 Å². The molecule has 2 aromatic heterocycles. The Labute approximate surface area is 116 Å². The van der Waals surface area contributed by atoms with Crippen molar-refractivity contribution in [3.63, 3.8) is 0 Å². The number of alkyl halides is 3. The van der Waals surface area contributed by atoms with E-state index in [9.17, 15) is 18.0 Å². The molecule has 1 aromatic carbocycles. The zero-order valence-corrected chi connectivity index (χ0v) is 10.7. The van der Waals surface area contributed by atoms with Crippen LogP contribution in [-0.4, -0.2) is 14.6 Å². The van der Waals surface area contributed by atoms with Crippen LogP contribution in [0.5, 0.6) is 0 Å². The first-order chi connectivity index (χ1) is 9.93. The van der Waals surface area contributed by atoms with Crippen molar-refractivity contribution in [1.82, 2.24) is 14.6 Å². The number of fused-ring (bicyclic) bond motifs is 1. The van der Waals surface area contributed by atoms with Crippen LogP contribution < -0.4 is 5.43 Å². The maximum atomic E-state index is 12.5. The molecule has 0 radical (unpaired) electrons. The maximum absolute atomic E-state index is 12.5. The number of rotatable bonds is 2. The fourth-order valence-corrected chi connectivity index (χ4v) is 2.09. The minimum absolute atomic E-state index is 0.139. The highest BCUT2D eigenvalue weighted by Gasteiger charge is 2.29. The van der Waals surface area contributed by atoms with Crippen molar-refractivity contribution in [1.29, 1.82) is 0 Å². The van der Waals surface area contributed by atoms with Gasteiger partial charge in [0.15, 0.2) is 5.43 Å². The molecule has 0 fully saturated rings. The molecular weight excluding hydrogens is 283 g/mol. The average Bonchev–Trinajstić information content (AvgIpc) is 2.80. The first-order valence-corrected chi connectivity index (χ1v) is 6.15. The smallest absolute Gasteiger partial charge is 0.290 e. The molecule has 7 heteroatoms. The van der Waals surface area contributed by atoms with Crippen LogP contribution in [-0.2, 0) is 12.6 Å². The largest absolute Gasteiger partial charge is 0.416 e.